The van der Waals surface area contributed by atoms with E-state index in [-0.39, 0.29) is 17.6 Å². The lowest BCUT2D eigenvalue weighted by Gasteiger charge is -2.19. The second kappa shape index (κ2) is 5.66. The van der Waals surface area contributed by atoms with E-state index in [4.69, 9.17) is 0 Å². The summed E-state index contributed by atoms with van der Waals surface area (Å²) in [5, 5.41) is -0.665. The zero-order valence-corrected chi connectivity index (χ0v) is 11.6. The van der Waals surface area contributed by atoms with Crippen molar-refractivity contribution in [1.29, 1.82) is 0 Å². The summed E-state index contributed by atoms with van der Waals surface area (Å²) in [4.78, 5) is 11.0. The molecular weight excluding hydrogens is 228 g/mol. The van der Waals surface area contributed by atoms with Gasteiger partial charge in [0.25, 0.3) is 0 Å². The minimum Gasteiger partial charge on any atom is -0.469 e. The van der Waals surface area contributed by atoms with Gasteiger partial charge in [0.2, 0.25) is 0 Å². The van der Waals surface area contributed by atoms with Gasteiger partial charge in [0.05, 0.1) is 24.5 Å². The molecule has 1 atom stereocenters. The molecule has 0 aliphatic heterocycles. The molecule has 5 heteroatoms. The Morgan fingerprint density at radius 3 is 2.19 bits per heavy atom. The lowest BCUT2D eigenvalue weighted by Crippen LogP contribution is -2.26. The summed E-state index contributed by atoms with van der Waals surface area (Å²) in [5.74, 6) is -0.360. The van der Waals surface area contributed by atoms with Crippen LogP contribution in [0.1, 0.15) is 40.5 Å². The van der Waals surface area contributed by atoms with Crippen molar-refractivity contribution in [3.63, 3.8) is 0 Å². The Hall–Kier alpha value is -0.580. The van der Waals surface area contributed by atoms with Crippen molar-refractivity contribution >= 4 is 15.8 Å². The monoisotopic (exact) mass is 250 g/mol. The number of hydrogen-bond acceptors (Lipinski definition) is 4. The summed E-state index contributed by atoms with van der Waals surface area (Å²) in [6.45, 7) is 7.53. The zero-order chi connectivity index (χ0) is 13.0. The van der Waals surface area contributed by atoms with Gasteiger partial charge in [-0.05, 0) is 18.8 Å². The molecule has 0 radical (unpaired) electrons. The topological polar surface area (TPSA) is 60.4 Å². The number of methoxy groups -OCH3 is 1. The number of ether oxygens (including phenoxy) is 1. The van der Waals surface area contributed by atoms with Crippen LogP contribution in [0.5, 0.6) is 0 Å². The Morgan fingerprint density at radius 1 is 1.31 bits per heavy atom. The molecule has 0 aliphatic rings. The van der Waals surface area contributed by atoms with Gasteiger partial charge >= 0.3 is 5.97 Å². The molecular formula is C11H22O4S. The Bertz CT molecular complexity index is 324. The van der Waals surface area contributed by atoms with Crippen molar-refractivity contribution in [2.45, 2.75) is 45.8 Å². The van der Waals surface area contributed by atoms with E-state index in [2.05, 4.69) is 4.74 Å². The molecule has 0 rings (SSSR count). The minimum absolute atomic E-state index is 0.0158. The van der Waals surface area contributed by atoms with Gasteiger partial charge in [-0.3, -0.25) is 4.79 Å². The third-order valence-corrected chi connectivity index (χ3v) is 4.60. The molecule has 0 spiro atoms. The van der Waals surface area contributed by atoms with Crippen LogP contribution in [0.15, 0.2) is 0 Å². The fraction of sp³-hybridized carbons (Fsp3) is 0.909. The molecule has 0 aromatic carbocycles. The summed E-state index contributed by atoms with van der Waals surface area (Å²) >= 11 is 0. The van der Waals surface area contributed by atoms with Crippen molar-refractivity contribution < 1.29 is 17.9 Å². The largest absolute Gasteiger partial charge is 0.469 e. The first kappa shape index (κ1) is 15.4. The lowest BCUT2D eigenvalue weighted by atomic mass is 9.94. The van der Waals surface area contributed by atoms with E-state index in [1.54, 1.807) is 6.92 Å². The quantitative estimate of drug-likeness (QED) is 0.698. The molecule has 1 unspecified atom stereocenters. The van der Waals surface area contributed by atoms with Crippen molar-refractivity contribution in [2.24, 2.45) is 5.41 Å². The van der Waals surface area contributed by atoms with Gasteiger partial charge in [-0.25, -0.2) is 8.42 Å². The maximum Gasteiger partial charge on any atom is 0.306 e. The average molecular weight is 250 g/mol. The summed E-state index contributed by atoms with van der Waals surface area (Å²) in [6.07, 6.45) is 0.532. The summed E-state index contributed by atoms with van der Waals surface area (Å²) in [5.41, 5.74) is -0.0158. The van der Waals surface area contributed by atoms with E-state index in [9.17, 15) is 13.2 Å². The van der Waals surface area contributed by atoms with E-state index in [0.29, 0.717) is 6.42 Å². The highest BCUT2D eigenvalue weighted by atomic mass is 32.2. The Balaban J connectivity index is 4.38. The van der Waals surface area contributed by atoms with Crippen molar-refractivity contribution in [2.75, 3.05) is 12.9 Å². The van der Waals surface area contributed by atoms with Crippen LogP contribution in [0.4, 0.5) is 0 Å². The number of rotatable bonds is 5. The lowest BCUT2D eigenvalue weighted by molar-refractivity contribution is -0.140. The highest BCUT2D eigenvalue weighted by molar-refractivity contribution is 7.92. The van der Waals surface area contributed by atoms with E-state index < -0.39 is 21.1 Å². The molecule has 0 aromatic rings. The number of esters is 1. The minimum atomic E-state index is -3.20. The Morgan fingerprint density at radius 2 is 1.81 bits per heavy atom. The summed E-state index contributed by atoms with van der Waals surface area (Å²) in [6, 6.07) is 0. The predicted molar refractivity (Wildman–Crippen MR) is 64.0 cm³/mol. The third-order valence-electron chi connectivity index (χ3n) is 2.43. The van der Waals surface area contributed by atoms with Gasteiger partial charge in [-0.15, -0.1) is 0 Å². The molecule has 0 saturated heterocycles. The van der Waals surface area contributed by atoms with E-state index >= 15 is 0 Å². The first-order valence-corrected chi connectivity index (χ1v) is 7.08. The highest BCUT2D eigenvalue weighted by Gasteiger charge is 2.25. The first-order valence-electron chi connectivity index (χ1n) is 5.37. The second-order valence-electron chi connectivity index (χ2n) is 5.27. The fourth-order valence-corrected chi connectivity index (χ4v) is 2.78. The SMILES string of the molecule is COC(=O)CC(C)S(=O)(=O)CCC(C)(C)C. The second-order valence-corrected chi connectivity index (χ2v) is 7.81. The smallest absolute Gasteiger partial charge is 0.306 e. The molecule has 0 saturated carbocycles. The van der Waals surface area contributed by atoms with Gasteiger partial charge in [-0.2, -0.15) is 0 Å². The molecule has 4 nitrogen and oxygen atoms in total. The number of carbonyl (C=O) groups excluding carboxylic acids is 1. The molecule has 0 N–H and O–H groups in total. The average Bonchev–Trinajstić information content (AvgIpc) is 2.13. The number of hydrogen-bond donors (Lipinski definition) is 0. The van der Waals surface area contributed by atoms with E-state index in [1.807, 2.05) is 20.8 Å². The molecule has 0 bridgehead atoms. The van der Waals surface area contributed by atoms with Crippen LogP contribution in [0.2, 0.25) is 0 Å². The van der Waals surface area contributed by atoms with E-state index in [0.717, 1.165) is 0 Å². The van der Waals surface area contributed by atoms with Crippen molar-refractivity contribution in [1.82, 2.24) is 0 Å². The van der Waals surface area contributed by atoms with Crippen LogP contribution in [0.25, 0.3) is 0 Å². The van der Waals surface area contributed by atoms with Crippen LogP contribution < -0.4 is 0 Å². The first-order chi connectivity index (χ1) is 7.08. The molecule has 0 aromatic heterocycles. The summed E-state index contributed by atoms with van der Waals surface area (Å²) < 4.78 is 28.1. The molecule has 0 amide bonds. The fourth-order valence-electron chi connectivity index (χ4n) is 1.09. The van der Waals surface area contributed by atoms with Gasteiger partial charge in [-0.1, -0.05) is 20.8 Å². The van der Waals surface area contributed by atoms with Crippen LogP contribution in [0.3, 0.4) is 0 Å². The predicted octanol–water partition coefficient (Wildman–Crippen LogP) is 1.79. The van der Waals surface area contributed by atoms with Crippen molar-refractivity contribution in [3.8, 4) is 0 Å². The normalized spacial score (nSPS) is 14.6. The standard InChI is InChI=1S/C11H22O4S/c1-9(8-10(12)15-5)16(13,14)7-6-11(2,3)4/h9H,6-8H2,1-5H3. The molecule has 0 heterocycles. The summed E-state index contributed by atoms with van der Waals surface area (Å²) in [7, 11) is -1.94. The molecule has 0 aliphatic carbocycles. The Labute approximate surface area is 98.3 Å². The zero-order valence-electron chi connectivity index (χ0n) is 10.7. The molecule has 96 valence electrons. The van der Waals surface area contributed by atoms with Gasteiger partial charge in [0, 0.05) is 0 Å². The van der Waals surface area contributed by atoms with Gasteiger partial charge < -0.3 is 4.74 Å². The van der Waals surface area contributed by atoms with Crippen LogP contribution in [0, 0.1) is 5.41 Å². The molecule has 16 heavy (non-hydrogen) atoms. The van der Waals surface area contributed by atoms with Crippen molar-refractivity contribution in [3.05, 3.63) is 0 Å². The maximum atomic E-state index is 11.8. The number of carbonyl (C=O) groups is 1. The van der Waals surface area contributed by atoms with Crippen LogP contribution in [-0.2, 0) is 19.4 Å². The number of sulfone groups is 1. The Kier molecular flexibility index (Phi) is 5.46. The van der Waals surface area contributed by atoms with E-state index in [1.165, 1.54) is 7.11 Å². The van der Waals surface area contributed by atoms with Gasteiger partial charge in [0.15, 0.2) is 9.84 Å². The maximum absolute atomic E-state index is 11.8. The molecule has 0 fully saturated rings. The van der Waals surface area contributed by atoms with Crippen LogP contribution >= 0.6 is 0 Å². The van der Waals surface area contributed by atoms with Crippen LogP contribution in [-0.4, -0.2) is 32.5 Å². The highest BCUT2D eigenvalue weighted by Crippen LogP contribution is 2.21. The van der Waals surface area contributed by atoms with Gasteiger partial charge in [0.1, 0.15) is 0 Å². The third kappa shape index (κ3) is 6.10.